The predicted molar refractivity (Wildman–Crippen MR) is 54.7 cm³/mol. The summed E-state index contributed by atoms with van der Waals surface area (Å²) in [6.45, 7) is 1.60. The molecule has 0 fully saturated rings. The quantitative estimate of drug-likeness (QED) is 0.867. The van der Waals surface area contributed by atoms with Gasteiger partial charge in [-0.3, -0.25) is 4.79 Å². The zero-order valence-corrected chi connectivity index (χ0v) is 9.15. The topological polar surface area (TPSA) is 49.3 Å². The summed E-state index contributed by atoms with van der Waals surface area (Å²) in [7, 11) is 0. The van der Waals surface area contributed by atoms with Crippen LogP contribution in [0, 0.1) is 0 Å². The van der Waals surface area contributed by atoms with E-state index in [4.69, 9.17) is 5.11 Å². The molecule has 7 heteroatoms. The van der Waals surface area contributed by atoms with Crippen LogP contribution < -0.4 is 5.32 Å². The van der Waals surface area contributed by atoms with E-state index in [1.54, 1.807) is 6.92 Å². The fourth-order valence-corrected chi connectivity index (χ4v) is 2.04. The maximum atomic E-state index is 12.2. The lowest BCUT2D eigenvalue weighted by molar-refractivity contribution is -0.138. The lowest BCUT2D eigenvalue weighted by Crippen LogP contribution is -2.18. The van der Waals surface area contributed by atoms with E-state index in [1.807, 2.05) is 0 Å². The maximum Gasteiger partial charge on any atom is 0.417 e. The summed E-state index contributed by atoms with van der Waals surface area (Å²) >= 11 is 0.908. The number of halogens is 3. The lowest BCUT2D eigenvalue weighted by atomic mass is 10.2. The first-order chi connectivity index (χ1) is 7.29. The van der Waals surface area contributed by atoms with E-state index >= 15 is 0 Å². The van der Waals surface area contributed by atoms with E-state index in [9.17, 15) is 18.0 Å². The van der Waals surface area contributed by atoms with Gasteiger partial charge >= 0.3 is 12.1 Å². The van der Waals surface area contributed by atoms with Gasteiger partial charge in [-0.05, 0) is 13.0 Å². The van der Waals surface area contributed by atoms with Crippen LogP contribution in [0.5, 0.6) is 0 Å². The number of carboxylic acids is 1. The lowest BCUT2D eigenvalue weighted by Gasteiger charge is -2.10. The predicted octanol–water partition coefficient (Wildman–Crippen LogP) is 3.04. The van der Waals surface area contributed by atoms with E-state index in [2.05, 4.69) is 5.32 Å². The second kappa shape index (κ2) is 4.73. The van der Waals surface area contributed by atoms with Crippen LogP contribution >= 0.6 is 11.3 Å². The third-order valence-electron chi connectivity index (χ3n) is 1.80. The van der Waals surface area contributed by atoms with Crippen LogP contribution in [0.4, 0.5) is 18.2 Å². The molecule has 0 aliphatic heterocycles. The zero-order valence-electron chi connectivity index (χ0n) is 8.34. The summed E-state index contributed by atoms with van der Waals surface area (Å²) in [5.41, 5.74) is -0.720. The molecule has 0 saturated carbocycles. The van der Waals surface area contributed by atoms with Gasteiger partial charge < -0.3 is 10.4 Å². The fraction of sp³-hybridized carbons (Fsp3) is 0.444. The van der Waals surface area contributed by atoms with Crippen molar-refractivity contribution in [3.8, 4) is 0 Å². The van der Waals surface area contributed by atoms with Crippen LogP contribution in [0.2, 0.25) is 0 Å². The van der Waals surface area contributed by atoms with Crippen molar-refractivity contribution in [2.45, 2.75) is 25.6 Å². The Morgan fingerprint density at radius 1 is 1.62 bits per heavy atom. The Bertz CT molecular complexity index is 375. The summed E-state index contributed by atoms with van der Waals surface area (Å²) in [5, 5.41) is 12.5. The number of alkyl halides is 3. The minimum Gasteiger partial charge on any atom is -0.481 e. The molecular weight excluding hydrogens is 243 g/mol. The number of hydrogen-bond donors (Lipinski definition) is 2. The minimum atomic E-state index is -4.35. The zero-order chi connectivity index (χ0) is 12.3. The van der Waals surface area contributed by atoms with E-state index in [0.29, 0.717) is 5.00 Å². The van der Waals surface area contributed by atoms with Gasteiger partial charge in [0.2, 0.25) is 0 Å². The highest BCUT2D eigenvalue weighted by Crippen LogP contribution is 2.34. The molecule has 0 bridgehead atoms. The van der Waals surface area contributed by atoms with Crippen LogP contribution in [-0.2, 0) is 11.0 Å². The highest BCUT2D eigenvalue weighted by Gasteiger charge is 2.31. The molecule has 0 saturated heterocycles. The molecule has 1 unspecified atom stereocenters. The van der Waals surface area contributed by atoms with E-state index in [-0.39, 0.29) is 6.42 Å². The molecule has 0 aromatic carbocycles. The van der Waals surface area contributed by atoms with Crippen molar-refractivity contribution in [2.24, 2.45) is 0 Å². The van der Waals surface area contributed by atoms with Crippen molar-refractivity contribution in [1.29, 1.82) is 0 Å². The molecule has 0 amide bonds. The first-order valence-electron chi connectivity index (χ1n) is 4.43. The monoisotopic (exact) mass is 253 g/mol. The Balaban J connectivity index is 2.62. The van der Waals surface area contributed by atoms with Crippen LogP contribution in [0.15, 0.2) is 11.4 Å². The number of anilines is 1. The molecule has 0 aliphatic rings. The Morgan fingerprint density at radius 2 is 2.25 bits per heavy atom. The van der Waals surface area contributed by atoms with E-state index < -0.39 is 23.8 Å². The SMILES string of the molecule is CC(CC(=O)O)Nc1cc(C(F)(F)F)cs1. The highest BCUT2D eigenvalue weighted by atomic mass is 32.1. The number of carboxylic acid groups (broad SMARTS) is 1. The average Bonchev–Trinajstić information content (AvgIpc) is 2.49. The molecule has 2 N–H and O–H groups in total. The van der Waals surface area contributed by atoms with Gasteiger partial charge in [-0.25, -0.2) is 0 Å². The third-order valence-corrected chi connectivity index (χ3v) is 2.66. The average molecular weight is 253 g/mol. The maximum absolute atomic E-state index is 12.2. The summed E-state index contributed by atoms with van der Waals surface area (Å²) in [6, 6.07) is 0.570. The van der Waals surface area contributed by atoms with Gasteiger partial charge in [0.1, 0.15) is 0 Å². The van der Waals surface area contributed by atoms with Crippen LogP contribution in [0.3, 0.4) is 0 Å². The summed E-state index contributed by atoms with van der Waals surface area (Å²) < 4.78 is 36.7. The van der Waals surface area contributed by atoms with Crippen molar-refractivity contribution in [3.63, 3.8) is 0 Å². The van der Waals surface area contributed by atoms with Gasteiger partial charge in [0.15, 0.2) is 0 Å². The molecule has 1 aromatic heterocycles. The number of nitrogens with one attached hydrogen (secondary N) is 1. The fourth-order valence-electron chi connectivity index (χ4n) is 1.12. The number of carbonyl (C=O) groups is 1. The molecule has 0 spiro atoms. The highest BCUT2D eigenvalue weighted by molar-refractivity contribution is 7.14. The number of rotatable bonds is 4. The van der Waals surface area contributed by atoms with Gasteiger partial charge in [-0.2, -0.15) is 13.2 Å². The molecule has 0 radical (unpaired) electrons. The molecule has 1 rings (SSSR count). The first kappa shape index (κ1) is 12.8. The van der Waals surface area contributed by atoms with Crippen molar-refractivity contribution in [2.75, 3.05) is 5.32 Å². The largest absolute Gasteiger partial charge is 0.481 e. The molecule has 0 aliphatic carbocycles. The Kier molecular flexibility index (Phi) is 3.79. The standard InChI is InChI=1S/C9H10F3NO2S/c1-5(2-8(14)15)13-7-3-6(4-16-7)9(10,11)12/h3-5,13H,2H2,1H3,(H,14,15). The van der Waals surface area contributed by atoms with E-state index in [0.717, 1.165) is 22.8 Å². The number of aliphatic carboxylic acids is 1. The summed E-state index contributed by atoms with van der Waals surface area (Å²) in [5.74, 6) is -0.993. The Hall–Kier alpha value is -1.24. The number of hydrogen-bond acceptors (Lipinski definition) is 3. The number of thiophene rings is 1. The molecular formula is C9H10F3NO2S. The third kappa shape index (κ3) is 3.73. The second-order valence-electron chi connectivity index (χ2n) is 3.34. The Labute approximate surface area is 93.9 Å². The van der Waals surface area contributed by atoms with Gasteiger partial charge in [-0.1, -0.05) is 0 Å². The van der Waals surface area contributed by atoms with Gasteiger partial charge in [0, 0.05) is 11.4 Å². The van der Waals surface area contributed by atoms with E-state index in [1.165, 1.54) is 0 Å². The van der Waals surface area contributed by atoms with Crippen LogP contribution in [0.1, 0.15) is 18.9 Å². The molecule has 90 valence electrons. The first-order valence-corrected chi connectivity index (χ1v) is 5.31. The minimum absolute atomic E-state index is 0.140. The smallest absolute Gasteiger partial charge is 0.417 e. The van der Waals surface area contributed by atoms with Crippen LogP contribution in [0.25, 0.3) is 0 Å². The van der Waals surface area contributed by atoms with Gasteiger partial charge in [-0.15, -0.1) is 11.3 Å². The van der Waals surface area contributed by atoms with Gasteiger partial charge in [0.05, 0.1) is 17.0 Å². The van der Waals surface area contributed by atoms with Crippen molar-refractivity contribution >= 4 is 22.3 Å². The normalized spacial score (nSPS) is 13.5. The molecule has 1 atom stereocenters. The summed E-state index contributed by atoms with van der Waals surface area (Å²) in [6.07, 6.45) is -4.49. The molecule has 16 heavy (non-hydrogen) atoms. The van der Waals surface area contributed by atoms with Gasteiger partial charge in [0.25, 0.3) is 0 Å². The van der Waals surface area contributed by atoms with Crippen molar-refractivity contribution in [3.05, 3.63) is 17.0 Å². The van der Waals surface area contributed by atoms with Crippen molar-refractivity contribution in [1.82, 2.24) is 0 Å². The summed E-state index contributed by atoms with van der Waals surface area (Å²) in [4.78, 5) is 10.3. The second-order valence-corrected chi connectivity index (χ2v) is 4.25. The molecule has 3 nitrogen and oxygen atoms in total. The molecule has 1 aromatic rings. The molecule has 1 heterocycles. The Morgan fingerprint density at radius 3 is 2.69 bits per heavy atom. The van der Waals surface area contributed by atoms with Crippen molar-refractivity contribution < 1.29 is 23.1 Å². The van der Waals surface area contributed by atoms with Crippen LogP contribution in [-0.4, -0.2) is 17.1 Å².